The number of Topliss-reactive ketones (excluding diaryl/α,β-unsaturated/α-hetero) is 1. The highest BCUT2D eigenvalue weighted by molar-refractivity contribution is 5.83. The molecular formula is C9H16N2O. The molecule has 68 valence electrons. The lowest BCUT2D eigenvalue weighted by molar-refractivity contribution is -0.120. The molecule has 0 aromatic heterocycles. The summed E-state index contributed by atoms with van der Waals surface area (Å²) in [6, 6.07) is -0.100. The van der Waals surface area contributed by atoms with E-state index < -0.39 is 0 Å². The van der Waals surface area contributed by atoms with Crippen molar-refractivity contribution in [1.82, 2.24) is 5.32 Å². The first kappa shape index (κ1) is 10.9. The monoisotopic (exact) mass is 168 g/mol. The van der Waals surface area contributed by atoms with E-state index in [1.807, 2.05) is 13.8 Å². The molecule has 0 aliphatic rings. The summed E-state index contributed by atoms with van der Waals surface area (Å²) in [7, 11) is 1.70. The van der Waals surface area contributed by atoms with Gasteiger partial charge in [-0.05, 0) is 19.2 Å². The van der Waals surface area contributed by atoms with Crippen molar-refractivity contribution < 1.29 is 4.79 Å². The average molecular weight is 168 g/mol. The van der Waals surface area contributed by atoms with E-state index in [1.165, 1.54) is 0 Å². The Morgan fingerprint density at radius 3 is 2.83 bits per heavy atom. The van der Waals surface area contributed by atoms with Gasteiger partial charge >= 0.3 is 0 Å². The molecule has 0 bridgehead atoms. The molecule has 0 spiro atoms. The smallest absolute Gasteiger partial charge is 0.154 e. The van der Waals surface area contributed by atoms with Gasteiger partial charge in [-0.3, -0.25) is 9.79 Å². The molecule has 0 aromatic carbocycles. The lowest BCUT2D eigenvalue weighted by Gasteiger charge is -2.07. The molecule has 1 N–H and O–H groups in total. The van der Waals surface area contributed by atoms with Crippen LogP contribution in [0, 0.1) is 0 Å². The molecule has 0 aliphatic heterocycles. The molecule has 1 unspecified atom stereocenters. The molecule has 3 heteroatoms. The fourth-order valence-electron chi connectivity index (χ4n) is 0.728. The Balaban J connectivity index is 3.70. The zero-order valence-electron chi connectivity index (χ0n) is 7.87. The zero-order valence-corrected chi connectivity index (χ0v) is 7.87. The minimum absolute atomic E-state index is 0.100. The van der Waals surface area contributed by atoms with E-state index in [0.717, 1.165) is 0 Å². The molecule has 0 aromatic rings. The Bertz CT molecular complexity index is 185. The number of rotatable bonds is 5. The summed E-state index contributed by atoms with van der Waals surface area (Å²) in [6.45, 7) is 3.71. The van der Waals surface area contributed by atoms with Crippen LogP contribution < -0.4 is 5.32 Å². The molecule has 0 heterocycles. The largest absolute Gasteiger partial charge is 0.381 e. The Kier molecular flexibility index (Phi) is 5.97. The van der Waals surface area contributed by atoms with Crippen LogP contribution in [-0.2, 0) is 4.79 Å². The molecule has 1 atom stereocenters. The molecule has 0 fully saturated rings. The maximum atomic E-state index is 11.0. The summed E-state index contributed by atoms with van der Waals surface area (Å²) in [6.07, 6.45) is 5.73. The summed E-state index contributed by atoms with van der Waals surface area (Å²) in [5, 5.41) is 2.95. The lowest BCUT2D eigenvalue weighted by atomic mass is 10.2. The van der Waals surface area contributed by atoms with Gasteiger partial charge in [0, 0.05) is 19.7 Å². The van der Waals surface area contributed by atoms with E-state index in [1.54, 1.807) is 25.5 Å². The summed E-state index contributed by atoms with van der Waals surface area (Å²) in [5.41, 5.74) is 0. The molecule has 0 amide bonds. The second-order valence-corrected chi connectivity index (χ2v) is 2.47. The van der Waals surface area contributed by atoms with Gasteiger partial charge in [-0.15, -0.1) is 0 Å². The number of ketones is 1. The first-order chi connectivity index (χ1) is 5.72. The van der Waals surface area contributed by atoms with Crippen LogP contribution in [0.15, 0.2) is 17.3 Å². The molecule has 3 nitrogen and oxygen atoms in total. The Labute approximate surface area is 73.6 Å². The number of hydrogen-bond donors (Lipinski definition) is 1. The molecule has 0 radical (unpaired) electrons. The third-order valence-corrected chi connectivity index (χ3v) is 1.51. The summed E-state index contributed by atoms with van der Waals surface area (Å²) in [4.78, 5) is 14.8. The molecule has 0 saturated heterocycles. The van der Waals surface area contributed by atoms with Crippen LogP contribution in [0.3, 0.4) is 0 Å². The maximum Gasteiger partial charge on any atom is 0.154 e. The minimum atomic E-state index is -0.100. The van der Waals surface area contributed by atoms with Crippen LogP contribution in [0.25, 0.3) is 0 Å². The minimum Gasteiger partial charge on any atom is -0.381 e. The van der Waals surface area contributed by atoms with E-state index in [-0.39, 0.29) is 11.8 Å². The van der Waals surface area contributed by atoms with Gasteiger partial charge in [0.05, 0.1) is 6.04 Å². The van der Waals surface area contributed by atoms with E-state index in [0.29, 0.717) is 6.42 Å². The van der Waals surface area contributed by atoms with Crippen LogP contribution in [-0.4, -0.2) is 25.1 Å². The van der Waals surface area contributed by atoms with Gasteiger partial charge in [0.2, 0.25) is 0 Å². The van der Waals surface area contributed by atoms with Crippen molar-refractivity contribution in [3.05, 3.63) is 12.3 Å². The highest BCUT2D eigenvalue weighted by Gasteiger charge is 2.06. The quantitative estimate of drug-likeness (QED) is 0.626. The SMILES string of the molecule is CCC(=O)C(C)NC=CC=NC. The lowest BCUT2D eigenvalue weighted by Crippen LogP contribution is -2.29. The second kappa shape index (κ2) is 6.58. The first-order valence-corrected chi connectivity index (χ1v) is 4.08. The molecule has 0 saturated carbocycles. The van der Waals surface area contributed by atoms with Crippen LogP contribution in [0.2, 0.25) is 0 Å². The van der Waals surface area contributed by atoms with Crippen molar-refractivity contribution in [3.63, 3.8) is 0 Å². The predicted molar refractivity (Wildman–Crippen MR) is 51.5 cm³/mol. The molecule has 0 aliphatic carbocycles. The normalized spacial score (nSPS) is 13.9. The molecule has 12 heavy (non-hydrogen) atoms. The zero-order chi connectivity index (χ0) is 9.40. The van der Waals surface area contributed by atoms with Gasteiger partial charge in [-0.25, -0.2) is 0 Å². The van der Waals surface area contributed by atoms with Gasteiger partial charge in [0.25, 0.3) is 0 Å². The second-order valence-electron chi connectivity index (χ2n) is 2.47. The standard InChI is InChI=1S/C9H16N2O/c1-4-9(12)8(2)11-7-5-6-10-3/h5-8,11H,4H2,1-3H3. The molecule has 0 rings (SSSR count). The highest BCUT2D eigenvalue weighted by atomic mass is 16.1. The van der Waals surface area contributed by atoms with Crippen LogP contribution in [0.5, 0.6) is 0 Å². The van der Waals surface area contributed by atoms with Gasteiger partial charge in [-0.2, -0.15) is 0 Å². The van der Waals surface area contributed by atoms with Crippen molar-refractivity contribution in [1.29, 1.82) is 0 Å². The highest BCUT2D eigenvalue weighted by Crippen LogP contribution is 1.88. The Hall–Kier alpha value is -1.12. The maximum absolute atomic E-state index is 11.0. The fourth-order valence-corrected chi connectivity index (χ4v) is 0.728. The number of hydrogen-bond acceptors (Lipinski definition) is 3. The van der Waals surface area contributed by atoms with E-state index in [9.17, 15) is 4.79 Å². The number of nitrogens with zero attached hydrogens (tertiary/aromatic N) is 1. The molecular weight excluding hydrogens is 152 g/mol. The topological polar surface area (TPSA) is 41.5 Å². The third-order valence-electron chi connectivity index (χ3n) is 1.51. The Morgan fingerprint density at radius 2 is 2.33 bits per heavy atom. The number of aliphatic imine (C=N–C) groups is 1. The van der Waals surface area contributed by atoms with Gasteiger partial charge in [-0.1, -0.05) is 6.92 Å². The predicted octanol–water partition coefficient (Wildman–Crippen LogP) is 1.16. The number of nitrogens with one attached hydrogen (secondary N) is 1. The third kappa shape index (κ3) is 4.66. The summed E-state index contributed by atoms with van der Waals surface area (Å²) in [5.74, 6) is 0.216. The Morgan fingerprint density at radius 1 is 1.67 bits per heavy atom. The summed E-state index contributed by atoms with van der Waals surface area (Å²) >= 11 is 0. The van der Waals surface area contributed by atoms with Crippen LogP contribution in [0.1, 0.15) is 20.3 Å². The van der Waals surface area contributed by atoms with Crippen molar-refractivity contribution in [2.24, 2.45) is 4.99 Å². The van der Waals surface area contributed by atoms with Crippen molar-refractivity contribution in [2.75, 3.05) is 7.05 Å². The number of carbonyl (C=O) groups is 1. The van der Waals surface area contributed by atoms with Gasteiger partial charge < -0.3 is 5.32 Å². The van der Waals surface area contributed by atoms with E-state index in [4.69, 9.17) is 0 Å². The van der Waals surface area contributed by atoms with Crippen molar-refractivity contribution in [2.45, 2.75) is 26.3 Å². The van der Waals surface area contributed by atoms with Crippen molar-refractivity contribution in [3.8, 4) is 0 Å². The van der Waals surface area contributed by atoms with Crippen LogP contribution in [0.4, 0.5) is 0 Å². The van der Waals surface area contributed by atoms with Crippen LogP contribution >= 0.6 is 0 Å². The number of allylic oxidation sites excluding steroid dienone is 1. The number of carbonyl (C=O) groups excluding carboxylic acids is 1. The van der Waals surface area contributed by atoms with E-state index in [2.05, 4.69) is 10.3 Å². The fraction of sp³-hybridized carbons (Fsp3) is 0.556. The van der Waals surface area contributed by atoms with E-state index >= 15 is 0 Å². The van der Waals surface area contributed by atoms with Crippen molar-refractivity contribution >= 4 is 12.0 Å². The first-order valence-electron chi connectivity index (χ1n) is 4.08. The van der Waals surface area contributed by atoms with Gasteiger partial charge in [0.1, 0.15) is 0 Å². The summed E-state index contributed by atoms with van der Waals surface area (Å²) < 4.78 is 0. The van der Waals surface area contributed by atoms with Gasteiger partial charge in [0.15, 0.2) is 5.78 Å². The average Bonchev–Trinajstić information content (AvgIpc) is 2.10.